The summed E-state index contributed by atoms with van der Waals surface area (Å²) in [6.45, 7) is 0. The normalized spacial score (nSPS) is 14.3. The van der Waals surface area contributed by atoms with Crippen LogP contribution in [-0.4, -0.2) is 17.0 Å². The summed E-state index contributed by atoms with van der Waals surface area (Å²) in [6.07, 6.45) is 3.57. The standard InChI is InChI=1S/C10H9N3O2/c11-4-6-3-8(10(12)14)13-5-9(6)15-7-1-2-7/h3,5,7H,1-2H2,(H2,12,14). The van der Waals surface area contributed by atoms with Gasteiger partial charge in [-0.25, -0.2) is 4.98 Å². The molecule has 1 fully saturated rings. The number of rotatable bonds is 3. The third-order valence-corrected chi connectivity index (χ3v) is 2.06. The summed E-state index contributed by atoms with van der Waals surface area (Å²) in [5, 5.41) is 8.85. The molecule has 2 rings (SSSR count). The van der Waals surface area contributed by atoms with Crippen molar-refractivity contribution in [1.82, 2.24) is 4.98 Å². The number of nitriles is 1. The van der Waals surface area contributed by atoms with Gasteiger partial charge in [0.2, 0.25) is 0 Å². The van der Waals surface area contributed by atoms with Crippen LogP contribution >= 0.6 is 0 Å². The monoisotopic (exact) mass is 203 g/mol. The van der Waals surface area contributed by atoms with Crippen LogP contribution in [0.15, 0.2) is 12.3 Å². The van der Waals surface area contributed by atoms with E-state index in [1.54, 1.807) is 0 Å². The number of nitrogens with zero attached hydrogens (tertiary/aromatic N) is 2. The molecule has 1 amide bonds. The first-order chi connectivity index (χ1) is 7.20. The van der Waals surface area contributed by atoms with Gasteiger partial charge in [-0.1, -0.05) is 0 Å². The first-order valence-corrected chi connectivity index (χ1v) is 4.57. The molecule has 5 heteroatoms. The first-order valence-electron chi connectivity index (χ1n) is 4.57. The van der Waals surface area contributed by atoms with Gasteiger partial charge in [0, 0.05) is 0 Å². The van der Waals surface area contributed by atoms with Gasteiger partial charge in [0.25, 0.3) is 5.91 Å². The molecule has 0 aliphatic heterocycles. The van der Waals surface area contributed by atoms with Gasteiger partial charge in [-0.2, -0.15) is 5.26 Å². The van der Waals surface area contributed by atoms with Crippen molar-refractivity contribution in [2.75, 3.05) is 0 Å². The van der Waals surface area contributed by atoms with Crippen molar-refractivity contribution in [2.45, 2.75) is 18.9 Å². The molecule has 2 N–H and O–H groups in total. The van der Waals surface area contributed by atoms with Crippen molar-refractivity contribution < 1.29 is 9.53 Å². The van der Waals surface area contributed by atoms with Crippen LogP contribution in [0.25, 0.3) is 0 Å². The number of ether oxygens (including phenoxy) is 1. The largest absolute Gasteiger partial charge is 0.487 e. The Labute approximate surface area is 86.5 Å². The molecule has 1 aromatic heterocycles. The fourth-order valence-electron chi connectivity index (χ4n) is 1.12. The summed E-state index contributed by atoms with van der Waals surface area (Å²) in [6, 6.07) is 3.30. The number of nitrogens with two attached hydrogens (primary N) is 1. The minimum Gasteiger partial charge on any atom is -0.487 e. The van der Waals surface area contributed by atoms with Crippen molar-refractivity contribution in [3.8, 4) is 11.8 Å². The Kier molecular flexibility index (Phi) is 2.26. The van der Waals surface area contributed by atoms with Crippen LogP contribution in [0.3, 0.4) is 0 Å². The van der Waals surface area contributed by atoms with Gasteiger partial charge in [0.15, 0.2) is 5.75 Å². The molecule has 1 aliphatic carbocycles. The highest BCUT2D eigenvalue weighted by molar-refractivity contribution is 5.91. The smallest absolute Gasteiger partial charge is 0.267 e. The number of aromatic nitrogens is 1. The predicted molar refractivity (Wildman–Crippen MR) is 51.1 cm³/mol. The van der Waals surface area contributed by atoms with Gasteiger partial charge >= 0.3 is 0 Å². The molecule has 0 radical (unpaired) electrons. The van der Waals surface area contributed by atoms with E-state index in [0.717, 1.165) is 12.8 Å². The number of hydrogen-bond donors (Lipinski definition) is 1. The predicted octanol–water partition coefficient (Wildman–Crippen LogP) is 0.593. The zero-order valence-corrected chi connectivity index (χ0v) is 7.93. The van der Waals surface area contributed by atoms with E-state index in [4.69, 9.17) is 15.7 Å². The summed E-state index contributed by atoms with van der Waals surface area (Å²) in [7, 11) is 0. The fourth-order valence-corrected chi connectivity index (χ4v) is 1.12. The maximum absolute atomic E-state index is 10.8. The van der Waals surface area contributed by atoms with E-state index in [0.29, 0.717) is 11.3 Å². The Morgan fingerprint density at radius 3 is 2.93 bits per heavy atom. The van der Waals surface area contributed by atoms with Crippen LogP contribution in [0.4, 0.5) is 0 Å². The van der Waals surface area contributed by atoms with Gasteiger partial charge in [-0.15, -0.1) is 0 Å². The fraction of sp³-hybridized carbons (Fsp3) is 0.300. The van der Waals surface area contributed by atoms with Crippen molar-refractivity contribution in [2.24, 2.45) is 5.73 Å². The molecule has 0 atom stereocenters. The summed E-state index contributed by atoms with van der Waals surface area (Å²) in [5.74, 6) is -0.227. The zero-order valence-electron chi connectivity index (χ0n) is 7.93. The molecule has 1 aliphatic rings. The number of pyridine rings is 1. The lowest BCUT2D eigenvalue weighted by Gasteiger charge is -2.05. The minimum atomic E-state index is -0.649. The molecule has 15 heavy (non-hydrogen) atoms. The van der Waals surface area contributed by atoms with Crippen molar-refractivity contribution in [3.63, 3.8) is 0 Å². The van der Waals surface area contributed by atoms with Gasteiger partial charge in [0.05, 0.1) is 17.9 Å². The Bertz CT molecular complexity index is 446. The van der Waals surface area contributed by atoms with Crippen molar-refractivity contribution in [1.29, 1.82) is 5.26 Å². The molecule has 0 bridgehead atoms. The molecule has 0 saturated heterocycles. The van der Waals surface area contributed by atoms with E-state index < -0.39 is 5.91 Å². The number of amides is 1. The average molecular weight is 203 g/mol. The second-order valence-electron chi connectivity index (χ2n) is 3.36. The average Bonchev–Trinajstić information content (AvgIpc) is 3.02. The molecule has 5 nitrogen and oxygen atoms in total. The maximum atomic E-state index is 10.8. The molecular weight excluding hydrogens is 194 g/mol. The van der Waals surface area contributed by atoms with Gasteiger partial charge in [0.1, 0.15) is 11.8 Å². The molecule has 1 heterocycles. The van der Waals surface area contributed by atoms with Crippen LogP contribution in [0.5, 0.6) is 5.75 Å². The summed E-state index contributed by atoms with van der Waals surface area (Å²) in [5.41, 5.74) is 5.42. The van der Waals surface area contributed by atoms with Crippen molar-refractivity contribution in [3.05, 3.63) is 23.5 Å². The lowest BCUT2D eigenvalue weighted by molar-refractivity contribution is 0.0995. The topological polar surface area (TPSA) is 89.0 Å². The van der Waals surface area contributed by atoms with Crippen LogP contribution in [-0.2, 0) is 0 Å². The summed E-state index contributed by atoms with van der Waals surface area (Å²) < 4.78 is 5.44. The zero-order chi connectivity index (χ0) is 10.8. The molecule has 76 valence electrons. The molecule has 0 spiro atoms. The third kappa shape index (κ3) is 2.05. The van der Waals surface area contributed by atoms with Crippen LogP contribution in [0.1, 0.15) is 28.9 Å². The number of primary amides is 1. The van der Waals surface area contributed by atoms with Gasteiger partial charge in [-0.05, 0) is 18.9 Å². The van der Waals surface area contributed by atoms with E-state index >= 15 is 0 Å². The summed E-state index contributed by atoms with van der Waals surface area (Å²) in [4.78, 5) is 14.6. The third-order valence-electron chi connectivity index (χ3n) is 2.06. The van der Waals surface area contributed by atoms with E-state index in [-0.39, 0.29) is 11.8 Å². The highest BCUT2D eigenvalue weighted by Gasteiger charge is 2.25. The maximum Gasteiger partial charge on any atom is 0.267 e. The highest BCUT2D eigenvalue weighted by atomic mass is 16.5. The molecular formula is C10H9N3O2. The second-order valence-corrected chi connectivity index (χ2v) is 3.36. The van der Waals surface area contributed by atoms with E-state index in [2.05, 4.69) is 4.98 Å². The van der Waals surface area contributed by atoms with Crippen molar-refractivity contribution >= 4 is 5.91 Å². The lowest BCUT2D eigenvalue weighted by Crippen LogP contribution is -2.13. The second kappa shape index (κ2) is 3.58. The Morgan fingerprint density at radius 1 is 1.67 bits per heavy atom. The number of carbonyl (C=O) groups is 1. The molecule has 0 unspecified atom stereocenters. The minimum absolute atomic E-state index is 0.0784. The quantitative estimate of drug-likeness (QED) is 0.778. The van der Waals surface area contributed by atoms with Gasteiger partial charge in [-0.3, -0.25) is 4.79 Å². The summed E-state index contributed by atoms with van der Waals surface area (Å²) >= 11 is 0. The van der Waals surface area contributed by atoms with E-state index in [9.17, 15) is 4.79 Å². The Balaban J connectivity index is 2.30. The van der Waals surface area contributed by atoms with Crippen LogP contribution in [0.2, 0.25) is 0 Å². The SMILES string of the molecule is N#Cc1cc(C(N)=O)ncc1OC1CC1. The van der Waals surface area contributed by atoms with E-state index in [1.807, 2.05) is 6.07 Å². The molecule has 0 aromatic carbocycles. The Hall–Kier alpha value is -2.09. The van der Waals surface area contributed by atoms with Gasteiger partial charge < -0.3 is 10.5 Å². The molecule has 1 aromatic rings. The Morgan fingerprint density at radius 2 is 2.40 bits per heavy atom. The number of hydrogen-bond acceptors (Lipinski definition) is 4. The van der Waals surface area contributed by atoms with E-state index in [1.165, 1.54) is 12.3 Å². The lowest BCUT2D eigenvalue weighted by atomic mass is 10.2. The van der Waals surface area contributed by atoms with Crippen LogP contribution < -0.4 is 10.5 Å². The van der Waals surface area contributed by atoms with Crippen LogP contribution in [0, 0.1) is 11.3 Å². The molecule has 1 saturated carbocycles. The highest BCUT2D eigenvalue weighted by Crippen LogP contribution is 2.28. The number of carbonyl (C=O) groups excluding carboxylic acids is 1. The first kappa shape index (κ1) is 9.46.